The van der Waals surface area contributed by atoms with Gasteiger partial charge in [-0.25, -0.2) is 9.97 Å². The number of aromatic nitrogens is 2. The number of nitrogens with one attached hydrogen (secondary N) is 1. The van der Waals surface area contributed by atoms with Crippen LogP contribution >= 0.6 is 0 Å². The van der Waals surface area contributed by atoms with E-state index in [2.05, 4.69) is 44.2 Å². The van der Waals surface area contributed by atoms with Gasteiger partial charge in [0.1, 0.15) is 11.6 Å². The lowest BCUT2D eigenvalue weighted by Gasteiger charge is -2.20. The molecule has 0 saturated carbocycles. The second-order valence-corrected chi connectivity index (χ2v) is 7.44. The molecule has 0 radical (unpaired) electrons. The minimum absolute atomic E-state index is 0.399. The molecule has 156 valence electrons. The lowest BCUT2D eigenvalue weighted by molar-refractivity contribution is 0.318. The molecule has 29 heavy (non-hydrogen) atoms. The molecule has 1 aromatic heterocycles. The van der Waals surface area contributed by atoms with E-state index < -0.39 is 0 Å². The summed E-state index contributed by atoms with van der Waals surface area (Å²) < 4.78 is 5.70. The molecule has 2 N–H and O–H groups in total. The van der Waals surface area contributed by atoms with Crippen LogP contribution < -0.4 is 10.1 Å². The number of hydrogen-bond donors (Lipinski definition) is 2. The Labute approximate surface area is 173 Å². The third kappa shape index (κ3) is 4.07. The van der Waals surface area contributed by atoms with Crippen molar-refractivity contribution in [2.75, 3.05) is 12.4 Å². The topological polar surface area (TPSA) is 79.6 Å². The predicted octanol–water partition coefficient (Wildman–Crippen LogP) is 5.00. The minimum atomic E-state index is 0.399. The van der Waals surface area contributed by atoms with Crippen molar-refractivity contribution in [3.05, 3.63) is 34.6 Å². The fraction of sp³-hybridized carbons (Fsp3) is 0.522. The smallest absolute Gasteiger partial charge is 0.148 e. The Kier molecular flexibility index (Phi) is 6.72. The molecule has 6 heteroatoms. The molecule has 0 fully saturated rings. The number of aryl methyl sites for hydroxylation is 3. The maximum absolute atomic E-state index is 9.27. The summed E-state index contributed by atoms with van der Waals surface area (Å²) in [6, 6.07) is 4.49. The van der Waals surface area contributed by atoms with Crippen LogP contribution in [-0.2, 0) is 19.3 Å². The number of fused-ring (bicyclic) bond motifs is 1. The number of nitrogens with zero attached hydrogens (tertiary/aromatic N) is 3. The quantitative estimate of drug-likeness (QED) is 0.485. The van der Waals surface area contributed by atoms with Gasteiger partial charge < -0.3 is 15.3 Å². The van der Waals surface area contributed by atoms with Crippen molar-refractivity contribution < 1.29 is 9.94 Å². The molecule has 0 atom stereocenters. The van der Waals surface area contributed by atoms with E-state index in [4.69, 9.17) is 14.7 Å². The largest absolute Gasteiger partial charge is 0.496 e. The number of hydrogen-bond acceptors (Lipinski definition) is 6. The number of oxime groups is 1. The molecule has 0 bridgehead atoms. The van der Waals surface area contributed by atoms with Gasteiger partial charge in [-0.2, -0.15) is 0 Å². The Hall–Kier alpha value is -2.63. The highest BCUT2D eigenvalue weighted by molar-refractivity contribution is 6.05. The number of benzene rings is 1. The first-order chi connectivity index (χ1) is 14.1. The van der Waals surface area contributed by atoms with Gasteiger partial charge in [0.15, 0.2) is 0 Å². The summed E-state index contributed by atoms with van der Waals surface area (Å²) in [6.07, 6.45) is 5.29. The van der Waals surface area contributed by atoms with Crippen molar-refractivity contribution in [2.24, 2.45) is 5.16 Å². The number of rotatable bonds is 8. The summed E-state index contributed by atoms with van der Waals surface area (Å²) in [5.74, 6) is 1.63. The van der Waals surface area contributed by atoms with Crippen LogP contribution in [0.15, 0.2) is 17.3 Å². The normalized spacial score (nSPS) is 14.5. The van der Waals surface area contributed by atoms with E-state index in [1.807, 2.05) is 6.07 Å². The second-order valence-electron chi connectivity index (χ2n) is 7.44. The van der Waals surface area contributed by atoms with Crippen molar-refractivity contribution >= 4 is 11.5 Å². The summed E-state index contributed by atoms with van der Waals surface area (Å²) >= 11 is 0. The minimum Gasteiger partial charge on any atom is -0.496 e. The third-order valence-corrected chi connectivity index (χ3v) is 5.78. The highest BCUT2D eigenvalue weighted by Crippen LogP contribution is 2.37. The van der Waals surface area contributed by atoms with Crippen LogP contribution in [0.1, 0.15) is 69.5 Å². The van der Waals surface area contributed by atoms with E-state index in [9.17, 15) is 5.21 Å². The number of methoxy groups -OCH3 is 1. The van der Waals surface area contributed by atoms with Crippen molar-refractivity contribution in [3.8, 4) is 17.0 Å². The van der Waals surface area contributed by atoms with Gasteiger partial charge in [0, 0.05) is 17.2 Å². The molecule has 1 aromatic carbocycles. The monoisotopic (exact) mass is 396 g/mol. The third-order valence-electron chi connectivity index (χ3n) is 5.78. The van der Waals surface area contributed by atoms with Gasteiger partial charge in [-0.15, -0.1) is 0 Å². The van der Waals surface area contributed by atoms with E-state index in [-0.39, 0.29) is 0 Å². The first kappa shape index (κ1) is 21.1. The molecular weight excluding hydrogens is 364 g/mol. The molecule has 0 unspecified atom stereocenters. The van der Waals surface area contributed by atoms with Gasteiger partial charge in [-0.05, 0) is 56.2 Å². The Morgan fingerprint density at radius 1 is 1.03 bits per heavy atom. The lowest BCUT2D eigenvalue weighted by atomic mass is 10.00. The van der Waals surface area contributed by atoms with Crippen LogP contribution in [0.2, 0.25) is 0 Å². The van der Waals surface area contributed by atoms with Gasteiger partial charge in [0.25, 0.3) is 0 Å². The zero-order valence-electron chi connectivity index (χ0n) is 18.2. The highest BCUT2D eigenvalue weighted by atomic mass is 16.5. The molecule has 0 aliphatic heterocycles. The number of anilines is 1. The van der Waals surface area contributed by atoms with E-state index in [0.29, 0.717) is 11.8 Å². The highest BCUT2D eigenvalue weighted by Gasteiger charge is 2.24. The first-order valence-electron chi connectivity index (χ1n) is 10.7. The Morgan fingerprint density at radius 3 is 2.34 bits per heavy atom. The van der Waals surface area contributed by atoms with Crippen molar-refractivity contribution in [1.29, 1.82) is 0 Å². The zero-order chi connectivity index (χ0) is 21.0. The summed E-state index contributed by atoms with van der Waals surface area (Å²) in [7, 11) is 1.67. The number of ether oxygens (including phenoxy) is 1. The Balaban J connectivity index is 2.13. The van der Waals surface area contributed by atoms with E-state index in [1.165, 1.54) is 0 Å². The summed E-state index contributed by atoms with van der Waals surface area (Å²) in [6.45, 7) is 8.60. The standard InChI is InChI=1S/C23H32N4O2/c1-6-15(7-2)24-23-19(9-4)25-22(18(8-3)26-23)17-12-14-10-11-20(27-28)16(14)13-21(17)29-5/h12-13,15,28H,6-11H2,1-5H3,(H,24,26)/b27-20+. The fourth-order valence-electron chi connectivity index (χ4n) is 3.96. The van der Waals surface area contributed by atoms with E-state index >= 15 is 0 Å². The maximum Gasteiger partial charge on any atom is 0.148 e. The molecule has 1 aliphatic rings. The van der Waals surface area contributed by atoms with Crippen LogP contribution in [0.3, 0.4) is 0 Å². The van der Waals surface area contributed by atoms with Crippen LogP contribution in [-0.4, -0.2) is 34.0 Å². The summed E-state index contributed by atoms with van der Waals surface area (Å²) in [4.78, 5) is 10.0. The predicted molar refractivity (Wildman–Crippen MR) is 117 cm³/mol. The van der Waals surface area contributed by atoms with Crippen LogP contribution in [0, 0.1) is 0 Å². The van der Waals surface area contributed by atoms with Crippen molar-refractivity contribution in [3.63, 3.8) is 0 Å². The summed E-state index contributed by atoms with van der Waals surface area (Å²) in [5, 5.41) is 16.3. The van der Waals surface area contributed by atoms with E-state index in [1.54, 1.807) is 7.11 Å². The van der Waals surface area contributed by atoms with Crippen LogP contribution in [0.5, 0.6) is 5.75 Å². The average Bonchev–Trinajstić information content (AvgIpc) is 3.17. The van der Waals surface area contributed by atoms with Crippen LogP contribution in [0.4, 0.5) is 5.82 Å². The van der Waals surface area contributed by atoms with Gasteiger partial charge in [-0.1, -0.05) is 32.9 Å². The van der Waals surface area contributed by atoms with Crippen molar-refractivity contribution in [2.45, 2.75) is 72.3 Å². The van der Waals surface area contributed by atoms with Gasteiger partial charge >= 0.3 is 0 Å². The van der Waals surface area contributed by atoms with Gasteiger partial charge in [0.2, 0.25) is 0 Å². The summed E-state index contributed by atoms with van der Waals surface area (Å²) in [5.41, 5.74) is 6.61. The molecule has 0 amide bonds. The zero-order valence-corrected chi connectivity index (χ0v) is 18.2. The molecule has 6 nitrogen and oxygen atoms in total. The molecule has 0 saturated heterocycles. The Morgan fingerprint density at radius 2 is 1.76 bits per heavy atom. The molecule has 1 heterocycles. The average molecular weight is 397 g/mol. The lowest BCUT2D eigenvalue weighted by Crippen LogP contribution is -2.20. The molecule has 0 spiro atoms. The fourth-order valence-corrected chi connectivity index (χ4v) is 3.96. The van der Waals surface area contributed by atoms with Crippen molar-refractivity contribution in [1.82, 2.24) is 9.97 Å². The van der Waals surface area contributed by atoms with Crippen LogP contribution in [0.25, 0.3) is 11.3 Å². The van der Waals surface area contributed by atoms with Gasteiger partial charge in [0.05, 0.1) is 29.9 Å². The molecule has 3 rings (SSSR count). The molecule has 2 aromatic rings. The van der Waals surface area contributed by atoms with Gasteiger partial charge in [-0.3, -0.25) is 0 Å². The molecular formula is C23H32N4O2. The SMILES string of the molecule is CCc1nc(-c2cc3c(cc2OC)/C(=N/O)CC3)c(CC)nc1NC(CC)CC. The maximum atomic E-state index is 9.27. The Bertz CT molecular complexity index is 904. The first-order valence-corrected chi connectivity index (χ1v) is 10.7. The van der Waals surface area contributed by atoms with E-state index in [0.717, 1.165) is 83.9 Å². The molecule has 1 aliphatic carbocycles. The second kappa shape index (κ2) is 9.25.